The summed E-state index contributed by atoms with van der Waals surface area (Å²) in [6, 6.07) is 4.92. The van der Waals surface area contributed by atoms with Gasteiger partial charge < -0.3 is 9.84 Å². The monoisotopic (exact) mass is 378 g/mol. The molecule has 0 aliphatic heterocycles. The summed E-state index contributed by atoms with van der Waals surface area (Å²) in [7, 11) is 0. The summed E-state index contributed by atoms with van der Waals surface area (Å²) in [6.07, 6.45) is 4.93. The minimum Gasteiger partial charge on any atom is -0.337 e. The fraction of sp³-hybridized carbons (Fsp3) is 0.278. The number of hydrogen-bond donors (Lipinski definition) is 1. The van der Waals surface area contributed by atoms with E-state index in [4.69, 9.17) is 4.52 Å². The topological polar surface area (TPSA) is 124 Å². The Labute approximate surface area is 160 Å². The third-order valence-corrected chi connectivity index (χ3v) is 4.21. The number of aromatic nitrogens is 7. The van der Waals surface area contributed by atoms with Gasteiger partial charge in [0.2, 0.25) is 17.5 Å². The van der Waals surface area contributed by atoms with Crippen molar-refractivity contribution in [3.05, 3.63) is 54.2 Å². The normalized spacial score (nSPS) is 12.4. The summed E-state index contributed by atoms with van der Waals surface area (Å²) >= 11 is 0. The molecule has 0 saturated carbocycles. The van der Waals surface area contributed by atoms with Crippen LogP contribution >= 0.6 is 0 Å². The highest BCUT2D eigenvalue weighted by atomic mass is 16.5. The maximum Gasteiger partial charge on any atom is 0.291 e. The molecule has 142 valence electrons. The van der Waals surface area contributed by atoms with Gasteiger partial charge in [0, 0.05) is 29.8 Å². The molecule has 1 amide bonds. The lowest BCUT2D eigenvalue weighted by molar-refractivity contribution is 0.0903. The van der Waals surface area contributed by atoms with Gasteiger partial charge in [-0.05, 0) is 31.0 Å². The zero-order chi connectivity index (χ0) is 19.7. The lowest BCUT2D eigenvalue weighted by atomic mass is 10.0. The quantitative estimate of drug-likeness (QED) is 0.559. The molecule has 28 heavy (non-hydrogen) atoms. The van der Waals surface area contributed by atoms with Crippen LogP contribution in [0.25, 0.3) is 17.2 Å². The molecular formula is C18H18N8O2. The predicted octanol–water partition coefficient (Wildman–Crippen LogP) is 2.00. The number of nitrogens with zero attached hydrogens (tertiary/aromatic N) is 7. The molecule has 1 unspecified atom stereocenters. The Kier molecular flexibility index (Phi) is 4.52. The highest BCUT2D eigenvalue weighted by Crippen LogP contribution is 2.23. The van der Waals surface area contributed by atoms with Crippen LogP contribution in [0.4, 0.5) is 0 Å². The molecule has 0 aromatic carbocycles. The number of hydrogen-bond acceptors (Lipinski definition) is 8. The molecule has 0 bridgehead atoms. The van der Waals surface area contributed by atoms with Crippen LogP contribution in [0.15, 0.2) is 41.3 Å². The van der Waals surface area contributed by atoms with Gasteiger partial charge in [0.1, 0.15) is 6.04 Å². The standard InChI is InChI=1S/C18H18N8O2/c1-10(2)13(17-22-14(25-28-17)12-5-4-7-19-9-12)21-16(27)15-23-18-20-8-6-11(3)26(18)24-15/h4-10,13H,1-3H3,(H,21,27). The van der Waals surface area contributed by atoms with Crippen molar-refractivity contribution in [2.75, 3.05) is 0 Å². The minimum absolute atomic E-state index is 0.00282. The maximum absolute atomic E-state index is 12.7. The molecular weight excluding hydrogens is 360 g/mol. The van der Waals surface area contributed by atoms with Gasteiger partial charge in [0.25, 0.3) is 11.7 Å². The molecule has 0 spiro atoms. The summed E-state index contributed by atoms with van der Waals surface area (Å²) in [4.78, 5) is 29.5. The average molecular weight is 378 g/mol. The molecule has 4 aromatic rings. The summed E-state index contributed by atoms with van der Waals surface area (Å²) in [5, 5.41) is 11.1. The first-order valence-electron chi connectivity index (χ1n) is 8.76. The highest BCUT2D eigenvalue weighted by Gasteiger charge is 2.27. The van der Waals surface area contributed by atoms with Crippen LogP contribution in [0.5, 0.6) is 0 Å². The minimum atomic E-state index is -0.494. The molecule has 0 aliphatic rings. The largest absolute Gasteiger partial charge is 0.337 e. The van der Waals surface area contributed by atoms with E-state index in [0.29, 0.717) is 17.5 Å². The van der Waals surface area contributed by atoms with Crippen molar-refractivity contribution in [3.8, 4) is 11.4 Å². The Morgan fingerprint density at radius 2 is 2.07 bits per heavy atom. The van der Waals surface area contributed by atoms with Crippen LogP contribution in [-0.2, 0) is 0 Å². The van der Waals surface area contributed by atoms with E-state index < -0.39 is 11.9 Å². The van der Waals surface area contributed by atoms with E-state index >= 15 is 0 Å². The van der Waals surface area contributed by atoms with Crippen molar-refractivity contribution in [2.45, 2.75) is 26.8 Å². The number of aryl methyl sites for hydroxylation is 1. The van der Waals surface area contributed by atoms with Crippen molar-refractivity contribution < 1.29 is 9.32 Å². The van der Waals surface area contributed by atoms with Crippen molar-refractivity contribution in [3.63, 3.8) is 0 Å². The first-order valence-corrected chi connectivity index (χ1v) is 8.76. The van der Waals surface area contributed by atoms with E-state index in [0.717, 1.165) is 11.3 Å². The van der Waals surface area contributed by atoms with Crippen LogP contribution in [0.3, 0.4) is 0 Å². The molecule has 0 fully saturated rings. The van der Waals surface area contributed by atoms with Crippen LogP contribution < -0.4 is 5.32 Å². The SMILES string of the molecule is Cc1ccnc2nc(C(=O)NC(c3nc(-c4cccnc4)no3)C(C)C)nn12. The fourth-order valence-corrected chi connectivity index (χ4v) is 2.70. The van der Waals surface area contributed by atoms with E-state index in [-0.39, 0.29) is 11.7 Å². The molecule has 4 rings (SSSR count). The van der Waals surface area contributed by atoms with Crippen LogP contribution in [-0.4, -0.2) is 40.6 Å². The first-order chi connectivity index (χ1) is 13.5. The number of rotatable bonds is 5. The molecule has 4 heterocycles. The van der Waals surface area contributed by atoms with Crippen LogP contribution in [0.1, 0.15) is 42.1 Å². The summed E-state index contributed by atoms with van der Waals surface area (Å²) in [5.41, 5.74) is 1.56. The number of carbonyl (C=O) groups excluding carboxylic acids is 1. The summed E-state index contributed by atoms with van der Waals surface area (Å²) in [5.74, 6) is 0.670. The number of fused-ring (bicyclic) bond motifs is 1. The van der Waals surface area contributed by atoms with Gasteiger partial charge in [-0.2, -0.15) is 9.97 Å². The van der Waals surface area contributed by atoms with Gasteiger partial charge in [-0.25, -0.2) is 9.50 Å². The van der Waals surface area contributed by atoms with E-state index in [1.807, 2.05) is 26.8 Å². The average Bonchev–Trinajstić information content (AvgIpc) is 3.34. The first kappa shape index (κ1) is 17.7. The third-order valence-electron chi connectivity index (χ3n) is 4.21. The zero-order valence-electron chi connectivity index (χ0n) is 15.6. The molecule has 10 heteroatoms. The molecule has 0 saturated heterocycles. The lowest BCUT2D eigenvalue weighted by Crippen LogP contribution is -2.32. The van der Waals surface area contributed by atoms with Crippen LogP contribution in [0.2, 0.25) is 0 Å². The van der Waals surface area contributed by atoms with Crippen molar-refractivity contribution >= 4 is 11.7 Å². The van der Waals surface area contributed by atoms with Gasteiger partial charge >= 0.3 is 0 Å². The molecule has 4 aromatic heterocycles. The highest BCUT2D eigenvalue weighted by molar-refractivity contribution is 5.91. The van der Waals surface area contributed by atoms with Crippen molar-refractivity contribution in [2.24, 2.45) is 5.92 Å². The number of amides is 1. The van der Waals surface area contributed by atoms with Gasteiger partial charge in [-0.3, -0.25) is 9.78 Å². The Morgan fingerprint density at radius 1 is 1.21 bits per heavy atom. The van der Waals surface area contributed by atoms with E-state index in [1.165, 1.54) is 4.52 Å². The second-order valence-corrected chi connectivity index (χ2v) is 6.63. The van der Waals surface area contributed by atoms with Gasteiger partial charge in [-0.1, -0.05) is 19.0 Å². The second-order valence-electron chi connectivity index (χ2n) is 6.63. The van der Waals surface area contributed by atoms with Gasteiger partial charge in [-0.15, -0.1) is 5.10 Å². The summed E-state index contributed by atoms with van der Waals surface area (Å²) < 4.78 is 6.92. The van der Waals surface area contributed by atoms with Crippen molar-refractivity contribution in [1.29, 1.82) is 0 Å². The lowest BCUT2D eigenvalue weighted by Gasteiger charge is -2.17. The molecule has 1 N–H and O–H groups in total. The van der Waals surface area contributed by atoms with E-state index in [1.54, 1.807) is 30.7 Å². The zero-order valence-corrected chi connectivity index (χ0v) is 15.6. The molecule has 0 radical (unpaired) electrons. The third kappa shape index (κ3) is 3.31. The fourth-order valence-electron chi connectivity index (χ4n) is 2.70. The molecule has 10 nitrogen and oxygen atoms in total. The van der Waals surface area contributed by atoms with E-state index in [9.17, 15) is 4.79 Å². The Hall–Kier alpha value is -3.69. The molecule has 0 aliphatic carbocycles. The van der Waals surface area contributed by atoms with Crippen LogP contribution in [0, 0.1) is 12.8 Å². The molecule has 1 atom stereocenters. The summed E-state index contributed by atoms with van der Waals surface area (Å²) in [6.45, 7) is 5.75. The Morgan fingerprint density at radius 3 is 2.79 bits per heavy atom. The number of nitrogens with one attached hydrogen (secondary N) is 1. The number of carbonyl (C=O) groups is 1. The van der Waals surface area contributed by atoms with Crippen molar-refractivity contribution in [1.82, 2.24) is 40.0 Å². The van der Waals surface area contributed by atoms with E-state index in [2.05, 4.69) is 35.5 Å². The second kappa shape index (κ2) is 7.14. The Balaban J connectivity index is 1.59. The maximum atomic E-state index is 12.7. The Bertz CT molecular complexity index is 1120. The number of pyridine rings is 1. The predicted molar refractivity (Wildman–Crippen MR) is 98.1 cm³/mol. The van der Waals surface area contributed by atoms with Gasteiger partial charge in [0.05, 0.1) is 0 Å². The smallest absolute Gasteiger partial charge is 0.291 e. The van der Waals surface area contributed by atoms with Gasteiger partial charge in [0.15, 0.2) is 0 Å².